The molecule has 0 fully saturated rings. The molecule has 2 heterocycles. The summed E-state index contributed by atoms with van der Waals surface area (Å²) in [6, 6.07) is 14.0. The molecule has 3 aromatic rings. The van der Waals surface area contributed by atoms with E-state index in [0.717, 1.165) is 10.6 Å². The third-order valence-corrected chi connectivity index (χ3v) is 5.72. The largest absolute Gasteiger partial charge is 0.337 e. The van der Waals surface area contributed by atoms with Crippen molar-refractivity contribution >= 4 is 29.0 Å². The summed E-state index contributed by atoms with van der Waals surface area (Å²) in [7, 11) is 1.76. The average molecular weight is 374 g/mol. The summed E-state index contributed by atoms with van der Waals surface area (Å²) in [5, 5.41) is 5.80. The molecule has 0 aliphatic heterocycles. The summed E-state index contributed by atoms with van der Waals surface area (Å²) < 4.78 is 5.26. The molecule has 5 nitrogen and oxygen atoms in total. The van der Waals surface area contributed by atoms with Crippen molar-refractivity contribution in [3.8, 4) is 10.7 Å². The Kier molecular flexibility index (Phi) is 5.88. The predicted molar refractivity (Wildman–Crippen MR) is 101 cm³/mol. The highest BCUT2D eigenvalue weighted by Crippen LogP contribution is 2.22. The molecule has 0 spiro atoms. The van der Waals surface area contributed by atoms with E-state index >= 15 is 0 Å². The maximum Gasteiger partial charge on any atom is 0.246 e. The summed E-state index contributed by atoms with van der Waals surface area (Å²) in [5.74, 6) is 1.87. The Morgan fingerprint density at radius 2 is 2.08 bits per heavy atom. The highest BCUT2D eigenvalue weighted by atomic mass is 32.2. The van der Waals surface area contributed by atoms with Crippen molar-refractivity contribution < 1.29 is 9.32 Å². The fourth-order valence-corrected chi connectivity index (χ4v) is 3.89. The molecule has 1 unspecified atom stereocenters. The van der Waals surface area contributed by atoms with E-state index in [-0.39, 0.29) is 11.2 Å². The number of rotatable bonds is 7. The van der Waals surface area contributed by atoms with Gasteiger partial charge in [-0.25, -0.2) is 0 Å². The highest BCUT2D eigenvalue weighted by molar-refractivity contribution is 7.99. The van der Waals surface area contributed by atoms with Crippen LogP contribution in [-0.2, 0) is 17.1 Å². The Bertz CT molecular complexity index is 803. The lowest BCUT2D eigenvalue weighted by molar-refractivity contribution is -0.129. The molecule has 0 aliphatic rings. The lowest BCUT2D eigenvalue weighted by Gasteiger charge is -2.19. The maximum atomic E-state index is 12.5. The third kappa shape index (κ3) is 4.70. The number of thioether (sulfide) groups is 1. The van der Waals surface area contributed by atoms with Gasteiger partial charge in [-0.2, -0.15) is 4.98 Å². The molecule has 3 rings (SSSR count). The van der Waals surface area contributed by atoms with Gasteiger partial charge in [0.1, 0.15) is 0 Å². The molecule has 130 valence electrons. The van der Waals surface area contributed by atoms with Gasteiger partial charge in [-0.05, 0) is 23.9 Å². The van der Waals surface area contributed by atoms with Crippen LogP contribution in [0.3, 0.4) is 0 Å². The Morgan fingerprint density at radius 1 is 1.28 bits per heavy atom. The third-order valence-electron chi connectivity index (χ3n) is 3.65. The Hall–Kier alpha value is -2.12. The molecule has 1 amide bonds. The van der Waals surface area contributed by atoms with E-state index in [2.05, 4.69) is 22.3 Å². The minimum atomic E-state index is -0.134. The topological polar surface area (TPSA) is 59.2 Å². The van der Waals surface area contributed by atoms with Gasteiger partial charge in [0.05, 0.1) is 16.7 Å². The first-order chi connectivity index (χ1) is 12.1. The van der Waals surface area contributed by atoms with Gasteiger partial charge in [0.15, 0.2) is 0 Å². The molecule has 0 aliphatic carbocycles. The number of aromatic nitrogens is 2. The standard InChI is InChI=1S/C18H19N3O2S2/c1-13(25-12-14-7-4-3-5-8-14)18(22)21(2)11-16-19-17(20-23-16)15-9-6-10-24-15/h3-10,13H,11-12H2,1-2H3. The number of amides is 1. The van der Waals surface area contributed by atoms with Gasteiger partial charge in [-0.15, -0.1) is 23.1 Å². The molecule has 0 saturated heterocycles. The molecule has 0 saturated carbocycles. The molecule has 0 radical (unpaired) electrons. The van der Waals surface area contributed by atoms with Crippen LogP contribution in [0.1, 0.15) is 18.4 Å². The quantitative estimate of drug-likeness (QED) is 0.624. The maximum absolute atomic E-state index is 12.5. The second kappa shape index (κ2) is 8.31. The van der Waals surface area contributed by atoms with Crippen LogP contribution in [0.5, 0.6) is 0 Å². The monoisotopic (exact) mass is 373 g/mol. The predicted octanol–water partition coefficient (Wildman–Crippen LogP) is 4.08. The number of benzene rings is 1. The first-order valence-corrected chi connectivity index (χ1v) is 9.83. The van der Waals surface area contributed by atoms with E-state index in [1.165, 1.54) is 5.56 Å². The van der Waals surface area contributed by atoms with Gasteiger partial charge in [-0.1, -0.05) is 41.6 Å². The van der Waals surface area contributed by atoms with Crippen molar-refractivity contribution in [2.45, 2.75) is 24.5 Å². The number of carbonyl (C=O) groups excluding carboxylic acids is 1. The summed E-state index contributed by atoms with van der Waals surface area (Å²) >= 11 is 3.18. The molecular weight excluding hydrogens is 354 g/mol. The van der Waals surface area contributed by atoms with Crippen LogP contribution < -0.4 is 0 Å². The van der Waals surface area contributed by atoms with Crippen molar-refractivity contribution in [3.63, 3.8) is 0 Å². The number of carbonyl (C=O) groups is 1. The molecular formula is C18H19N3O2S2. The number of hydrogen-bond donors (Lipinski definition) is 0. The van der Waals surface area contributed by atoms with Gasteiger partial charge >= 0.3 is 0 Å². The lowest BCUT2D eigenvalue weighted by Crippen LogP contribution is -2.33. The van der Waals surface area contributed by atoms with Crippen LogP contribution in [0.4, 0.5) is 0 Å². The summed E-state index contributed by atoms with van der Waals surface area (Å²) in [6.45, 7) is 2.24. The van der Waals surface area contributed by atoms with Crippen molar-refractivity contribution in [1.29, 1.82) is 0 Å². The van der Waals surface area contributed by atoms with Crippen molar-refractivity contribution in [1.82, 2.24) is 15.0 Å². The SMILES string of the molecule is CC(SCc1ccccc1)C(=O)N(C)Cc1nc(-c2cccs2)no1. The van der Waals surface area contributed by atoms with Gasteiger partial charge in [0, 0.05) is 12.8 Å². The summed E-state index contributed by atoms with van der Waals surface area (Å²) in [5.41, 5.74) is 1.22. The van der Waals surface area contributed by atoms with E-state index in [1.807, 2.05) is 42.6 Å². The first-order valence-electron chi connectivity index (χ1n) is 7.90. The van der Waals surface area contributed by atoms with Gasteiger partial charge in [-0.3, -0.25) is 4.79 Å². The zero-order valence-electron chi connectivity index (χ0n) is 14.1. The Morgan fingerprint density at radius 3 is 2.80 bits per heavy atom. The van der Waals surface area contributed by atoms with E-state index in [1.54, 1.807) is 35.0 Å². The van der Waals surface area contributed by atoms with E-state index < -0.39 is 0 Å². The number of hydrogen-bond acceptors (Lipinski definition) is 6. The van der Waals surface area contributed by atoms with Crippen molar-refractivity contribution in [2.24, 2.45) is 0 Å². The van der Waals surface area contributed by atoms with Crippen LogP contribution in [0.25, 0.3) is 10.7 Å². The van der Waals surface area contributed by atoms with Crippen LogP contribution in [0.15, 0.2) is 52.4 Å². The fourth-order valence-electron chi connectivity index (χ4n) is 2.28. The second-order valence-electron chi connectivity index (χ2n) is 5.62. The molecule has 2 aromatic heterocycles. The highest BCUT2D eigenvalue weighted by Gasteiger charge is 2.20. The molecule has 25 heavy (non-hydrogen) atoms. The van der Waals surface area contributed by atoms with Crippen LogP contribution in [0, 0.1) is 0 Å². The molecule has 7 heteroatoms. The van der Waals surface area contributed by atoms with E-state index in [0.29, 0.717) is 18.3 Å². The molecule has 0 bridgehead atoms. The molecule has 1 atom stereocenters. The van der Waals surface area contributed by atoms with Gasteiger partial charge in [0.25, 0.3) is 0 Å². The van der Waals surface area contributed by atoms with E-state index in [9.17, 15) is 4.79 Å². The molecule has 0 N–H and O–H groups in total. The van der Waals surface area contributed by atoms with Crippen LogP contribution >= 0.6 is 23.1 Å². The second-order valence-corrected chi connectivity index (χ2v) is 7.90. The Labute approximate surface area is 155 Å². The fraction of sp³-hybridized carbons (Fsp3) is 0.278. The zero-order valence-corrected chi connectivity index (χ0v) is 15.7. The van der Waals surface area contributed by atoms with Crippen LogP contribution in [0.2, 0.25) is 0 Å². The zero-order chi connectivity index (χ0) is 17.6. The smallest absolute Gasteiger partial charge is 0.246 e. The Balaban J connectivity index is 1.53. The summed E-state index contributed by atoms with van der Waals surface area (Å²) in [6.07, 6.45) is 0. The molecule has 1 aromatic carbocycles. The average Bonchev–Trinajstić information content (AvgIpc) is 3.31. The minimum absolute atomic E-state index is 0.0526. The number of nitrogens with zero attached hydrogens (tertiary/aromatic N) is 3. The normalized spacial score (nSPS) is 12.1. The number of thiophene rings is 1. The van der Waals surface area contributed by atoms with Gasteiger partial charge < -0.3 is 9.42 Å². The minimum Gasteiger partial charge on any atom is -0.337 e. The van der Waals surface area contributed by atoms with E-state index in [4.69, 9.17) is 4.52 Å². The van der Waals surface area contributed by atoms with Gasteiger partial charge in [0.2, 0.25) is 17.6 Å². The van der Waals surface area contributed by atoms with Crippen molar-refractivity contribution in [3.05, 3.63) is 59.3 Å². The lowest BCUT2D eigenvalue weighted by atomic mass is 10.2. The van der Waals surface area contributed by atoms with Crippen LogP contribution in [-0.4, -0.2) is 33.2 Å². The van der Waals surface area contributed by atoms with Crippen molar-refractivity contribution in [2.75, 3.05) is 7.05 Å². The summed E-state index contributed by atoms with van der Waals surface area (Å²) in [4.78, 5) is 19.5. The first kappa shape index (κ1) is 17.7.